The van der Waals surface area contributed by atoms with Gasteiger partial charge in [0.05, 0.1) is 23.1 Å². The lowest BCUT2D eigenvalue weighted by atomic mass is 9.66. The van der Waals surface area contributed by atoms with E-state index in [1.165, 1.54) is 22.9 Å². The van der Waals surface area contributed by atoms with Crippen LogP contribution in [0.5, 0.6) is 0 Å². The van der Waals surface area contributed by atoms with Crippen LogP contribution in [-0.4, -0.2) is 15.0 Å². The molecule has 2 aromatic heterocycles. The molecule has 2 N–H and O–H groups in total. The van der Waals surface area contributed by atoms with Gasteiger partial charge in [-0.2, -0.15) is 0 Å². The fourth-order valence-corrected chi connectivity index (χ4v) is 6.17. The zero-order chi connectivity index (χ0) is 20.7. The summed E-state index contributed by atoms with van der Waals surface area (Å²) < 4.78 is 0. The Hall–Kier alpha value is -1.66. The number of nitrogens with two attached hydrogens (primary N) is 1. The molecule has 1 fully saturated rings. The van der Waals surface area contributed by atoms with E-state index in [4.69, 9.17) is 33.9 Å². The Morgan fingerprint density at radius 1 is 1.00 bits per heavy atom. The van der Waals surface area contributed by atoms with Gasteiger partial charge in [0.1, 0.15) is 10.2 Å². The molecule has 1 spiro atoms. The number of nitrogens with zero attached hydrogens (tertiary/aromatic N) is 3. The molecule has 0 radical (unpaired) electrons. The molecule has 0 unspecified atom stereocenters. The van der Waals surface area contributed by atoms with E-state index < -0.39 is 0 Å². The number of hydrogen-bond acceptors (Lipinski definition) is 5. The van der Waals surface area contributed by atoms with Crippen LogP contribution >= 0.6 is 35.0 Å². The van der Waals surface area contributed by atoms with Gasteiger partial charge in [0.15, 0.2) is 0 Å². The second-order valence-corrected chi connectivity index (χ2v) is 10.1. The maximum Gasteiger partial charge on any atom is 0.148 e. The molecule has 0 aliphatic heterocycles. The van der Waals surface area contributed by atoms with Crippen LogP contribution in [0, 0.1) is 5.41 Å². The molecule has 3 aromatic rings. The van der Waals surface area contributed by atoms with Gasteiger partial charge >= 0.3 is 0 Å². The summed E-state index contributed by atoms with van der Waals surface area (Å²) in [6.07, 6.45) is 11.0. The number of aromatic nitrogens is 3. The van der Waals surface area contributed by atoms with Crippen molar-refractivity contribution in [3.8, 4) is 0 Å². The molecular weight excluding hydrogens is 435 g/mol. The minimum atomic E-state index is 0.149. The monoisotopic (exact) mass is 456 g/mol. The first-order valence-corrected chi connectivity index (χ1v) is 11.8. The van der Waals surface area contributed by atoms with Crippen LogP contribution in [0.15, 0.2) is 58.8 Å². The highest BCUT2D eigenvalue weighted by Gasteiger charge is 2.46. The molecule has 2 aliphatic rings. The zero-order valence-electron chi connectivity index (χ0n) is 16.4. The average Bonchev–Trinajstić information content (AvgIpc) is 3.04. The lowest BCUT2D eigenvalue weighted by Gasteiger charge is -2.40. The molecule has 2 aliphatic carbocycles. The topological polar surface area (TPSA) is 64.7 Å². The SMILES string of the molecule is N[C@@H]1c2ccccc2CC12CCC(c1cnc(Sc3ccnc(Cl)c3Cl)cn1)CC2. The van der Waals surface area contributed by atoms with Gasteiger partial charge in [-0.25, -0.2) is 9.97 Å². The molecule has 0 bridgehead atoms. The van der Waals surface area contributed by atoms with E-state index in [-0.39, 0.29) is 11.5 Å². The van der Waals surface area contributed by atoms with E-state index in [2.05, 4.69) is 34.2 Å². The van der Waals surface area contributed by atoms with Crippen LogP contribution in [-0.2, 0) is 6.42 Å². The minimum Gasteiger partial charge on any atom is -0.323 e. The van der Waals surface area contributed by atoms with Crippen molar-refractivity contribution in [2.24, 2.45) is 11.1 Å². The summed E-state index contributed by atoms with van der Waals surface area (Å²) in [5, 5.41) is 1.54. The van der Waals surface area contributed by atoms with Crippen molar-refractivity contribution >= 4 is 35.0 Å². The Morgan fingerprint density at radius 3 is 2.53 bits per heavy atom. The van der Waals surface area contributed by atoms with Gasteiger partial charge in [0, 0.05) is 23.1 Å². The van der Waals surface area contributed by atoms with Crippen LogP contribution in [0.3, 0.4) is 0 Å². The summed E-state index contributed by atoms with van der Waals surface area (Å²) in [6, 6.07) is 10.6. The summed E-state index contributed by atoms with van der Waals surface area (Å²) in [5.41, 5.74) is 10.7. The van der Waals surface area contributed by atoms with E-state index in [9.17, 15) is 0 Å². The molecule has 5 rings (SSSR count). The van der Waals surface area contributed by atoms with Crippen molar-refractivity contribution in [1.29, 1.82) is 0 Å². The molecule has 1 aromatic carbocycles. The third-order valence-corrected chi connectivity index (χ3v) is 8.52. The van der Waals surface area contributed by atoms with Crippen molar-refractivity contribution in [2.75, 3.05) is 0 Å². The molecule has 0 amide bonds. The third kappa shape index (κ3) is 3.62. The first-order chi connectivity index (χ1) is 14.6. The highest BCUT2D eigenvalue weighted by atomic mass is 35.5. The smallest absolute Gasteiger partial charge is 0.148 e. The van der Waals surface area contributed by atoms with Crippen LogP contribution in [0.4, 0.5) is 0 Å². The highest BCUT2D eigenvalue weighted by Crippen LogP contribution is 2.55. The Labute approximate surface area is 190 Å². The number of benzene rings is 1. The summed E-state index contributed by atoms with van der Waals surface area (Å²) >= 11 is 13.7. The molecule has 4 nitrogen and oxygen atoms in total. The van der Waals surface area contributed by atoms with Crippen molar-refractivity contribution in [2.45, 2.75) is 54.0 Å². The van der Waals surface area contributed by atoms with Gasteiger partial charge < -0.3 is 5.73 Å². The fraction of sp³-hybridized carbons (Fsp3) is 0.348. The minimum absolute atomic E-state index is 0.149. The summed E-state index contributed by atoms with van der Waals surface area (Å²) in [4.78, 5) is 14.1. The first-order valence-electron chi connectivity index (χ1n) is 10.2. The van der Waals surface area contributed by atoms with Crippen molar-refractivity contribution in [3.05, 3.63) is 75.9 Å². The van der Waals surface area contributed by atoms with E-state index in [0.29, 0.717) is 16.1 Å². The maximum absolute atomic E-state index is 6.70. The predicted molar refractivity (Wildman–Crippen MR) is 121 cm³/mol. The second-order valence-electron chi connectivity index (χ2n) is 8.29. The number of rotatable bonds is 3. The molecule has 0 saturated heterocycles. The first kappa shape index (κ1) is 20.3. The second kappa shape index (κ2) is 8.12. The number of pyridine rings is 1. The van der Waals surface area contributed by atoms with E-state index in [1.807, 2.05) is 18.5 Å². The molecule has 7 heteroatoms. The Balaban J connectivity index is 1.26. The van der Waals surface area contributed by atoms with Gasteiger partial charge in [-0.05, 0) is 54.7 Å². The average molecular weight is 457 g/mol. The molecular formula is C23H22Cl2N4S. The lowest BCUT2D eigenvalue weighted by Crippen LogP contribution is -2.35. The summed E-state index contributed by atoms with van der Waals surface area (Å²) in [5.74, 6) is 0.442. The van der Waals surface area contributed by atoms with Gasteiger partial charge in [0.2, 0.25) is 0 Å². The number of hydrogen-bond donors (Lipinski definition) is 1. The molecule has 154 valence electrons. The largest absolute Gasteiger partial charge is 0.323 e. The third-order valence-electron chi connectivity index (χ3n) is 6.67. The lowest BCUT2D eigenvalue weighted by molar-refractivity contribution is 0.148. The van der Waals surface area contributed by atoms with Crippen LogP contribution in [0.1, 0.15) is 54.5 Å². The predicted octanol–water partition coefficient (Wildman–Crippen LogP) is 6.23. The van der Waals surface area contributed by atoms with Crippen LogP contribution in [0.25, 0.3) is 0 Å². The highest BCUT2D eigenvalue weighted by molar-refractivity contribution is 7.99. The van der Waals surface area contributed by atoms with Crippen molar-refractivity contribution in [3.63, 3.8) is 0 Å². The van der Waals surface area contributed by atoms with E-state index in [1.54, 1.807) is 6.20 Å². The van der Waals surface area contributed by atoms with Crippen LogP contribution < -0.4 is 5.73 Å². The number of halogens is 2. The Kier molecular flexibility index (Phi) is 5.48. The van der Waals surface area contributed by atoms with Crippen molar-refractivity contribution in [1.82, 2.24) is 15.0 Å². The van der Waals surface area contributed by atoms with E-state index >= 15 is 0 Å². The van der Waals surface area contributed by atoms with Gasteiger partial charge in [-0.3, -0.25) is 4.98 Å². The molecule has 1 atom stereocenters. The van der Waals surface area contributed by atoms with Crippen molar-refractivity contribution < 1.29 is 0 Å². The Bertz CT molecular complexity index is 1070. The standard InChI is InChI=1S/C23H22Cl2N4S/c24-20-18(7-10-27-22(20)25)30-19-13-28-17(12-29-19)14-5-8-23(9-6-14)11-15-3-1-2-4-16(15)21(23)26/h1-4,7,10,12-14,21H,5-6,8-9,11,26H2/t14?,21-,23?/m1/s1. The summed E-state index contributed by atoms with van der Waals surface area (Å²) in [6.45, 7) is 0. The Morgan fingerprint density at radius 2 is 1.80 bits per heavy atom. The molecule has 2 heterocycles. The quantitative estimate of drug-likeness (QED) is 0.473. The number of fused-ring (bicyclic) bond motifs is 1. The normalized spacial score (nSPS) is 25.4. The van der Waals surface area contributed by atoms with Crippen LogP contribution in [0.2, 0.25) is 10.2 Å². The fourth-order valence-electron chi connectivity index (χ4n) is 4.98. The van der Waals surface area contributed by atoms with E-state index in [0.717, 1.165) is 47.7 Å². The summed E-state index contributed by atoms with van der Waals surface area (Å²) in [7, 11) is 0. The molecule has 1 saturated carbocycles. The maximum atomic E-state index is 6.70. The zero-order valence-corrected chi connectivity index (χ0v) is 18.7. The molecule has 30 heavy (non-hydrogen) atoms. The van der Waals surface area contributed by atoms with Gasteiger partial charge in [-0.15, -0.1) is 0 Å². The van der Waals surface area contributed by atoms with Gasteiger partial charge in [-0.1, -0.05) is 59.2 Å². The van der Waals surface area contributed by atoms with Gasteiger partial charge in [0.25, 0.3) is 0 Å².